The van der Waals surface area contributed by atoms with Crippen LogP contribution in [0.2, 0.25) is 5.02 Å². The quantitative estimate of drug-likeness (QED) is 0.895. The molecule has 0 aromatic heterocycles. The van der Waals surface area contributed by atoms with Crippen LogP contribution in [0.15, 0.2) is 24.3 Å². The van der Waals surface area contributed by atoms with Crippen LogP contribution in [0.1, 0.15) is 19.3 Å². The molecule has 1 aliphatic carbocycles. The fourth-order valence-electron chi connectivity index (χ4n) is 3.96. The van der Waals surface area contributed by atoms with Gasteiger partial charge in [-0.25, -0.2) is 4.79 Å². The van der Waals surface area contributed by atoms with E-state index >= 15 is 0 Å². The number of carbonyl (C=O) groups is 1. The van der Waals surface area contributed by atoms with Gasteiger partial charge in [0.1, 0.15) is 0 Å². The standard InChI is InChI=1S/C19H27ClN4O/c20-16-1-3-17(4-2-16)22-9-11-23(12-10-22)19(25)21-13-15-7-8-24(14-15)18-5-6-18/h1-4,15,18H,5-14H2,(H,21,25)/t15-/m0/s1. The normalized spacial score (nSPS) is 24.6. The maximum atomic E-state index is 12.4. The Morgan fingerprint density at radius 3 is 2.44 bits per heavy atom. The molecule has 6 heteroatoms. The van der Waals surface area contributed by atoms with Gasteiger partial charge in [0.2, 0.25) is 0 Å². The van der Waals surface area contributed by atoms with Crippen LogP contribution in [0.25, 0.3) is 0 Å². The van der Waals surface area contributed by atoms with Crippen molar-refractivity contribution in [2.75, 3.05) is 50.7 Å². The number of rotatable bonds is 4. The number of piperazine rings is 1. The van der Waals surface area contributed by atoms with Gasteiger partial charge in [0.15, 0.2) is 0 Å². The molecule has 2 heterocycles. The summed E-state index contributed by atoms with van der Waals surface area (Å²) < 4.78 is 0. The highest BCUT2D eigenvalue weighted by Crippen LogP contribution is 2.31. The van der Waals surface area contributed by atoms with E-state index < -0.39 is 0 Å². The number of anilines is 1. The molecule has 2 saturated heterocycles. The first-order valence-electron chi connectivity index (χ1n) is 9.46. The number of hydrogen-bond donors (Lipinski definition) is 1. The summed E-state index contributed by atoms with van der Waals surface area (Å²) in [6.07, 6.45) is 3.97. The summed E-state index contributed by atoms with van der Waals surface area (Å²) in [6.45, 7) is 6.47. The molecule has 0 spiro atoms. The van der Waals surface area contributed by atoms with Gasteiger partial charge in [0.25, 0.3) is 0 Å². The third kappa shape index (κ3) is 4.21. The minimum absolute atomic E-state index is 0.0978. The van der Waals surface area contributed by atoms with Crippen molar-refractivity contribution in [2.24, 2.45) is 5.92 Å². The van der Waals surface area contributed by atoms with Gasteiger partial charge in [-0.05, 0) is 56.0 Å². The van der Waals surface area contributed by atoms with Crippen LogP contribution in [0.3, 0.4) is 0 Å². The lowest BCUT2D eigenvalue weighted by atomic mass is 10.1. The number of amides is 2. The third-order valence-electron chi connectivity index (χ3n) is 5.68. The number of halogens is 1. The largest absolute Gasteiger partial charge is 0.368 e. The minimum atomic E-state index is 0.0978. The van der Waals surface area contributed by atoms with E-state index in [1.54, 1.807) is 0 Å². The Hall–Kier alpha value is -1.46. The molecule has 25 heavy (non-hydrogen) atoms. The van der Waals surface area contributed by atoms with E-state index in [2.05, 4.69) is 15.1 Å². The summed E-state index contributed by atoms with van der Waals surface area (Å²) >= 11 is 5.95. The van der Waals surface area contributed by atoms with Gasteiger partial charge in [-0.3, -0.25) is 0 Å². The van der Waals surface area contributed by atoms with Crippen molar-refractivity contribution in [2.45, 2.75) is 25.3 Å². The summed E-state index contributed by atoms with van der Waals surface area (Å²) in [5, 5.41) is 3.92. The topological polar surface area (TPSA) is 38.8 Å². The monoisotopic (exact) mass is 362 g/mol. The van der Waals surface area contributed by atoms with Gasteiger partial charge >= 0.3 is 6.03 Å². The Bertz CT molecular complexity index is 596. The minimum Gasteiger partial charge on any atom is -0.368 e. The van der Waals surface area contributed by atoms with Crippen LogP contribution < -0.4 is 10.2 Å². The third-order valence-corrected chi connectivity index (χ3v) is 5.93. The first-order chi connectivity index (χ1) is 12.2. The number of carbonyl (C=O) groups excluding carboxylic acids is 1. The van der Waals surface area contributed by atoms with Crippen LogP contribution in [-0.4, -0.2) is 67.7 Å². The number of nitrogens with zero attached hydrogens (tertiary/aromatic N) is 3. The molecule has 3 fully saturated rings. The molecular formula is C19H27ClN4O. The molecule has 1 aromatic carbocycles. The van der Waals surface area contributed by atoms with Gasteiger partial charge in [-0.15, -0.1) is 0 Å². The molecular weight excluding hydrogens is 336 g/mol. The molecule has 2 aliphatic heterocycles. The van der Waals surface area contributed by atoms with Crippen LogP contribution in [0.4, 0.5) is 10.5 Å². The smallest absolute Gasteiger partial charge is 0.317 e. The summed E-state index contributed by atoms with van der Waals surface area (Å²) in [5.41, 5.74) is 1.18. The van der Waals surface area contributed by atoms with Gasteiger partial charge in [-0.2, -0.15) is 0 Å². The maximum absolute atomic E-state index is 12.4. The zero-order valence-corrected chi connectivity index (χ0v) is 15.4. The summed E-state index contributed by atoms with van der Waals surface area (Å²) in [5.74, 6) is 0.625. The van der Waals surface area contributed by atoms with E-state index in [0.29, 0.717) is 5.92 Å². The molecule has 4 rings (SSSR count). The Morgan fingerprint density at radius 2 is 1.76 bits per heavy atom. The summed E-state index contributed by atoms with van der Waals surface area (Å²) in [7, 11) is 0. The Labute approximate surface area is 154 Å². The van der Waals surface area contributed by atoms with Crippen LogP contribution in [0.5, 0.6) is 0 Å². The lowest BCUT2D eigenvalue weighted by Gasteiger charge is -2.36. The summed E-state index contributed by atoms with van der Waals surface area (Å²) in [4.78, 5) is 19.3. The van der Waals surface area contributed by atoms with Gasteiger partial charge < -0.3 is 20.0 Å². The highest BCUT2D eigenvalue weighted by Gasteiger charge is 2.34. The van der Waals surface area contributed by atoms with Crippen molar-refractivity contribution in [3.05, 3.63) is 29.3 Å². The average molecular weight is 363 g/mol. The van der Waals surface area contributed by atoms with Crippen molar-refractivity contribution >= 4 is 23.3 Å². The number of hydrogen-bond acceptors (Lipinski definition) is 3. The van der Waals surface area contributed by atoms with E-state index in [1.165, 1.54) is 31.5 Å². The zero-order chi connectivity index (χ0) is 17.2. The SMILES string of the molecule is O=C(NC[C@@H]1CCN(C2CC2)C1)N1CCN(c2ccc(Cl)cc2)CC1. The Balaban J connectivity index is 1.19. The first-order valence-corrected chi connectivity index (χ1v) is 9.84. The van der Waals surface area contributed by atoms with E-state index in [0.717, 1.165) is 50.3 Å². The number of urea groups is 1. The molecule has 1 atom stereocenters. The number of likely N-dealkylation sites (tertiary alicyclic amines) is 1. The molecule has 2 amide bonds. The van der Waals surface area contributed by atoms with Crippen molar-refractivity contribution in [3.8, 4) is 0 Å². The lowest BCUT2D eigenvalue weighted by molar-refractivity contribution is 0.192. The van der Waals surface area contributed by atoms with E-state index in [-0.39, 0.29) is 6.03 Å². The lowest BCUT2D eigenvalue weighted by Crippen LogP contribution is -2.52. The molecule has 1 N–H and O–H groups in total. The summed E-state index contributed by atoms with van der Waals surface area (Å²) in [6, 6.07) is 8.88. The molecule has 0 radical (unpaired) electrons. The molecule has 3 aliphatic rings. The van der Waals surface area contributed by atoms with Gasteiger partial charge in [-0.1, -0.05) is 11.6 Å². The van der Waals surface area contributed by atoms with E-state index in [1.807, 2.05) is 29.2 Å². The predicted molar refractivity (Wildman–Crippen MR) is 101 cm³/mol. The Morgan fingerprint density at radius 1 is 1.04 bits per heavy atom. The highest BCUT2D eigenvalue weighted by atomic mass is 35.5. The fraction of sp³-hybridized carbons (Fsp3) is 0.632. The molecule has 0 bridgehead atoms. The molecule has 5 nitrogen and oxygen atoms in total. The molecule has 1 aromatic rings. The zero-order valence-electron chi connectivity index (χ0n) is 14.7. The number of nitrogens with one attached hydrogen (secondary N) is 1. The molecule has 1 saturated carbocycles. The fourth-order valence-corrected chi connectivity index (χ4v) is 4.09. The average Bonchev–Trinajstić information content (AvgIpc) is 3.39. The van der Waals surface area contributed by atoms with Gasteiger partial charge in [0, 0.05) is 56.0 Å². The first kappa shape index (κ1) is 17.0. The maximum Gasteiger partial charge on any atom is 0.317 e. The second kappa shape index (κ2) is 7.42. The number of benzene rings is 1. The predicted octanol–water partition coefficient (Wildman–Crippen LogP) is 2.66. The van der Waals surface area contributed by atoms with E-state index in [4.69, 9.17) is 11.6 Å². The van der Waals surface area contributed by atoms with Crippen LogP contribution in [-0.2, 0) is 0 Å². The van der Waals surface area contributed by atoms with E-state index in [9.17, 15) is 4.79 Å². The van der Waals surface area contributed by atoms with Gasteiger partial charge in [0.05, 0.1) is 0 Å². The van der Waals surface area contributed by atoms with Crippen molar-refractivity contribution in [3.63, 3.8) is 0 Å². The van der Waals surface area contributed by atoms with Crippen molar-refractivity contribution in [1.82, 2.24) is 15.1 Å². The Kier molecular flexibility index (Phi) is 5.04. The van der Waals surface area contributed by atoms with Crippen molar-refractivity contribution < 1.29 is 4.79 Å². The second-order valence-corrected chi connectivity index (χ2v) is 7.95. The van der Waals surface area contributed by atoms with Crippen LogP contribution in [0, 0.1) is 5.92 Å². The second-order valence-electron chi connectivity index (χ2n) is 7.52. The van der Waals surface area contributed by atoms with Crippen molar-refractivity contribution in [1.29, 1.82) is 0 Å². The molecule has 0 unspecified atom stereocenters. The van der Waals surface area contributed by atoms with Crippen LogP contribution >= 0.6 is 11.6 Å². The molecule has 136 valence electrons. The highest BCUT2D eigenvalue weighted by molar-refractivity contribution is 6.30.